The zero-order chi connectivity index (χ0) is 15.8. The van der Waals surface area contributed by atoms with E-state index in [1.807, 2.05) is 32.0 Å². The molecule has 21 heavy (non-hydrogen) atoms. The van der Waals surface area contributed by atoms with Gasteiger partial charge in [-0.2, -0.15) is 0 Å². The molecule has 0 aliphatic heterocycles. The standard InChI is InChI=1S/C15H20BrNO3S/c1-3-11(7-15(19)20)8-17-14(18)9-21-13-5-4-12(16)6-10(13)2/h4-6,11H,3,7-9H2,1-2H3,(H,17,18)(H,19,20). The third-order valence-electron chi connectivity index (χ3n) is 3.12. The van der Waals surface area contributed by atoms with Crippen LogP contribution in [0.4, 0.5) is 0 Å². The average Bonchev–Trinajstić information content (AvgIpc) is 2.42. The Kier molecular flexibility index (Phi) is 7.82. The number of thioether (sulfide) groups is 1. The molecule has 0 aliphatic carbocycles. The van der Waals surface area contributed by atoms with Crippen molar-refractivity contribution in [1.29, 1.82) is 0 Å². The molecule has 1 unspecified atom stereocenters. The number of benzene rings is 1. The fourth-order valence-electron chi connectivity index (χ4n) is 1.84. The van der Waals surface area contributed by atoms with Gasteiger partial charge in [-0.05, 0) is 36.6 Å². The molecule has 2 N–H and O–H groups in total. The smallest absolute Gasteiger partial charge is 0.303 e. The SMILES string of the molecule is CCC(CNC(=O)CSc1ccc(Br)cc1C)CC(=O)O. The highest BCUT2D eigenvalue weighted by molar-refractivity contribution is 9.10. The van der Waals surface area contributed by atoms with E-state index in [0.29, 0.717) is 12.3 Å². The number of halogens is 1. The maximum absolute atomic E-state index is 11.8. The molecule has 0 saturated heterocycles. The lowest BCUT2D eigenvalue weighted by Gasteiger charge is -2.13. The van der Waals surface area contributed by atoms with Gasteiger partial charge in [0.1, 0.15) is 0 Å². The number of carboxylic acids is 1. The van der Waals surface area contributed by atoms with Crippen molar-refractivity contribution in [2.45, 2.75) is 31.6 Å². The van der Waals surface area contributed by atoms with E-state index in [2.05, 4.69) is 21.2 Å². The Labute approximate surface area is 137 Å². The molecule has 6 heteroatoms. The first-order valence-electron chi connectivity index (χ1n) is 6.79. The van der Waals surface area contributed by atoms with Gasteiger partial charge < -0.3 is 10.4 Å². The van der Waals surface area contributed by atoms with Gasteiger partial charge in [0.15, 0.2) is 0 Å². The monoisotopic (exact) mass is 373 g/mol. The molecule has 1 rings (SSSR count). The molecule has 0 radical (unpaired) electrons. The van der Waals surface area contributed by atoms with E-state index in [4.69, 9.17) is 5.11 Å². The zero-order valence-electron chi connectivity index (χ0n) is 12.2. The predicted octanol–water partition coefficient (Wildman–Crippen LogP) is 3.47. The highest BCUT2D eigenvalue weighted by atomic mass is 79.9. The lowest BCUT2D eigenvalue weighted by atomic mass is 10.0. The van der Waals surface area contributed by atoms with Crippen LogP contribution in [0.3, 0.4) is 0 Å². The molecule has 0 heterocycles. The fourth-order valence-corrected chi connectivity index (χ4v) is 3.15. The van der Waals surface area contributed by atoms with Crippen LogP contribution in [0.5, 0.6) is 0 Å². The van der Waals surface area contributed by atoms with Crippen LogP contribution in [0.15, 0.2) is 27.6 Å². The second-order valence-electron chi connectivity index (χ2n) is 4.87. The fraction of sp³-hybridized carbons (Fsp3) is 0.467. The van der Waals surface area contributed by atoms with Gasteiger partial charge in [-0.25, -0.2) is 0 Å². The second-order valence-corrected chi connectivity index (χ2v) is 6.81. The third-order valence-corrected chi connectivity index (χ3v) is 4.79. The molecule has 4 nitrogen and oxygen atoms in total. The molecule has 1 aromatic carbocycles. The zero-order valence-corrected chi connectivity index (χ0v) is 14.6. The summed E-state index contributed by atoms with van der Waals surface area (Å²) in [6, 6.07) is 5.95. The van der Waals surface area contributed by atoms with Crippen LogP contribution in [0.1, 0.15) is 25.3 Å². The number of nitrogens with one attached hydrogen (secondary N) is 1. The molecule has 1 amide bonds. The molecule has 1 atom stereocenters. The van der Waals surface area contributed by atoms with Crippen molar-refractivity contribution in [2.75, 3.05) is 12.3 Å². The second kappa shape index (κ2) is 9.10. The summed E-state index contributed by atoms with van der Waals surface area (Å²) >= 11 is 4.90. The lowest BCUT2D eigenvalue weighted by molar-refractivity contribution is -0.138. The maximum Gasteiger partial charge on any atom is 0.303 e. The van der Waals surface area contributed by atoms with Crippen molar-refractivity contribution >= 4 is 39.6 Å². The van der Waals surface area contributed by atoms with E-state index < -0.39 is 5.97 Å². The number of carboxylic acid groups (broad SMARTS) is 1. The summed E-state index contributed by atoms with van der Waals surface area (Å²) in [6.07, 6.45) is 0.835. The van der Waals surface area contributed by atoms with Gasteiger partial charge in [-0.1, -0.05) is 29.3 Å². The molecule has 116 valence electrons. The van der Waals surface area contributed by atoms with Crippen LogP contribution >= 0.6 is 27.7 Å². The van der Waals surface area contributed by atoms with E-state index in [1.54, 1.807) is 0 Å². The van der Waals surface area contributed by atoms with Gasteiger partial charge in [0.2, 0.25) is 5.91 Å². The Morgan fingerprint density at radius 2 is 2.14 bits per heavy atom. The number of rotatable bonds is 8. The molecule has 1 aromatic rings. The molecule has 0 fully saturated rings. The molecule has 0 bridgehead atoms. The highest BCUT2D eigenvalue weighted by Gasteiger charge is 2.12. The third kappa shape index (κ3) is 7.00. The van der Waals surface area contributed by atoms with Crippen LogP contribution in [-0.4, -0.2) is 29.3 Å². The van der Waals surface area contributed by atoms with E-state index in [1.165, 1.54) is 11.8 Å². The lowest BCUT2D eigenvalue weighted by Crippen LogP contribution is -2.31. The molecule has 0 spiro atoms. The van der Waals surface area contributed by atoms with Gasteiger partial charge in [0.25, 0.3) is 0 Å². The quantitative estimate of drug-likeness (QED) is 0.684. The van der Waals surface area contributed by atoms with Crippen molar-refractivity contribution in [3.63, 3.8) is 0 Å². The summed E-state index contributed by atoms with van der Waals surface area (Å²) in [6.45, 7) is 4.35. The topological polar surface area (TPSA) is 66.4 Å². The first-order valence-corrected chi connectivity index (χ1v) is 8.57. The average molecular weight is 374 g/mol. The summed E-state index contributed by atoms with van der Waals surface area (Å²) in [5.74, 6) is -0.556. The number of amides is 1. The van der Waals surface area contributed by atoms with Crippen molar-refractivity contribution < 1.29 is 14.7 Å². The largest absolute Gasteiger partial charge is 0.481 e. The van der Waals surface area contributed by atoms with Gasteiger partial charge in [0.05, 0.1) is 5.75 Å². The van der Waals surface area contributed by atoms with Crippen molar-refractivity contribution in [2.24, 2.45) is 5.92 Å². The first kappa shape index (κ1) is 18.0. The summed E-state index contributed by atoms with van der Waals surface area (Å²) < 4.78 is 1.02. The first-order chi connectivity index (χ1) is 9.92. The Bertz CT molecular complexity index is 508. The summed E-state index contributed by atoms with van der Waals surface area (Å²) in [5.41, 5.74) is 1.12. The molecule has 0 saturated carbocycles. The number of carbonyl (C=O) groups is 2. The van der Waals surface area contributed by atoms with Gasteiger partial charge in [0, 0.05) is 22.3 Å². The minimum Gasteiger partial charge on any atom is -0.481 e. The van der Waals surface area contributed by atoms with E-state index in [-0.39, 0.29) is 18.2 Å². The summed E-state index contributed by atoms with van der Waals surface area (Å²) in [5, 5.41) is 11.6. The normalized spacial score (nSPS) is 12.0. The Hall–Kier alpha value is -1.01. The van der Waals surface area contributed by atoms with Crippen LogP contribution in [0.2, 0.25) is 0 Å². The molecule has 0 aromatic heterocycles. The van der Waals surface area contributed by atoms with Gasteiger partial charge in [-0.15, -0.1) is 11.8 Å². The van der Waals surface area contributed by atoms with Crippen LogP contribution in [0.25, 0.3) is 0 Å². The number of aliphatic carboxylic acids is 1. The van der Waals surface area contributed by atoms with Crippen molar-refractivity contribution in [1.82, 2.24) is 5.32 Å². The van der Waals surface area contributed by atoms with Crippen LogP contribution in [0, 0.1) is 12.8 Å². The van der Waals surface area contributed by atoms with Gasteiger partial charge >= 0.3 is 5.97 Å². The van der Waals surface area contributed by atoms with Crippen molar-refractivity contribution in [3.05, 3.63) is 28.2 Å². The number of hydrogen-bond donors (Lipinski definition) is 2. The molecular weight excluding hydrogens is 354 g/mol. The Morgan fingerprint density at radius 3 is 2.71 bits per heavy atom. The van der Waals surface area contributed by atoms with Crippen LogP contribution < -0.4 is 5.32 Å². The Balaban J connectivity index is 2.38. The highest BCUT2D eigenvalue weighted by Crippen LogP contribution is 2.25. The van der Waals surface area contributed by atoms with E-state index >= 15 is 0 Å². The molecular formula is C15H20BrNO3S. The predicted molar refractivity (Wildman–Crippen MR) is 88.6 cm³/mol. The van der Waals surface area contributed by atoms with E-state index in [9.17, 15) is 9.59 Å². The minimum atomic E-state index is -0.823. The summed E-state index contributed by atoms with van der Waals surface area (Å²) in [7, 11) is 0. The van der Waals surface area contributed by atoms with Crippen molar-refractivity contribution in [3.8, 4) is 0 Å². The van der Waals surface area contributed by atoms with Crippen LogP contribution in [-0.2, 0) is 9.59 Å². The van der Waals surface area contributed by atoms with Gasteiger partial charge in [-0.3, -0.25) is 9.59 Å². The number of aryl methyl sites for hydroxylation is 1. The minimum absolute atomic E-state index is 0.00846. The number of carbonyl (C=O) groups excluding carboxylic acids is 1. The Morgan fingerprint density at radius 1 is 1.43 bits per heavy atom. The maximum atomic E-state index is 11.8. The van der Waals surface area contributed by atoms with E-state index in [0.717, 1.165) is 21.4 Å². The summed E-state index contributed by atoms with van der Waals surface area (Å²) in [4.78, 5) is 23.6. The number of hydrogen-bond acceptors (Lipinski definition) is 3. The molecule has 0 aliphatic rings.